The number of rotatable bonds is 3. The molecular weight excluding hydrogens is 279 g/mol. The van der Waals surface area contributed by atoms with Crippen molar-refractivity contribution < 1.29 is 14.3 Å². The Bertz CT molecular complexity index is 479. The summed E-state index contributed by atoms with van der Waals surface area (Å²) in [5, 5.41) is 9.76. The molecule has 0 heterocycles. The lowest BCUT2D eigenvalue weighted by molar-refractivity contribution is -0.150. The molecule has 0 amide bonds. The Morgan fingerprint density at radius 1 is 1.20 bits per heavy atom. The molecule has 0 unspecified atom stereocenters. The lowest BCUT2D eigenvalue weighted by Crippen LogP contribution is -2.34. The second kappa shape index (κ2) is 6.57. The first-order valence-corrected chi connectivity index (χ1v) is 7.59. The van der Waals surface area contributed by atoms with Gasteiger partial charge in [0.1, 0.15) is 5.82 Å². The molecule has 1 aromatic carbocycles. The molecule has 0 aliphatic heterocycles. The molecule has 0 atom stereocenters. The second-order valence-corrected chi connectivity index (χ2v) is 6.12. The predicted molar refractivity (Wildman–Crippen MR) is 77.5 cm³/mol. The standard InChI is InChI=1S/C16H20ClFO2/c17-14-12(7-6-8-13(14)18)11-16(15(19)20)9-4-2-1-3-5-10-16/h6-8H,1-5,9-11H2,(H,19,20). The van der Waals surface area contributed by atoms with Crippen molar-refractivity contribution in [1.29, 1.82) is 0 Å². The summed E-state index contributed by atoms with van der Waals surface area (Å²) in [5.74, 6) is -1.25. The monoisotopic (exact) mass is 298 g/mol. The summed E-state index contributed by atoms with van der Waals surface area (Å²) >= 11 is 5.98. The number of carboxylic acid groups (broad SMARTS) is 1. The second-order valence-electron chi connectivity index (χ2n) is 5.74. The number of aliphatic carboxylic acids is 1. The molecule has 1 saturated carbocycles. The fourth-order valence-electron chi connectivity index (χ4n) is 3.10. The molecule has 0 aromatic heterocycles. The zero-order chi connectivity index (χ0) is 14.6. The highest BCUT2D eigenvalue weighted by atomic mass is 35.5. The first-order chi connectivity index (χ1) is 9.55. The van der Waals surface area contributed by atoms with Crippen LogP contribution in [-0.4, -0.2) is 11.1 Å². The van der Waals surface area contributed by atoms with Gasteiger partial charge in [0.05, 0.1) is 10.4 Å². The van der Waals surface area contributed by atoms with Gasteiger partial charge in [-0.15, -0.1) is 0 Å². The van der Waals surface area contributed by atoms with Gasteiger partial charge >= 0.3 is 5.97 Å². The molecule has 4 heteroatoms. The summed E-state index contributed by atoms with van der Waals surface area (Å²) < 4.78 is 13.5. The van der Waals surface area contributed by atoms with E-state index in [0.29, 0.717) is 24.8 Å². The van der Waals surface area contributed by atoms with E-state index in [2.05, 4.69) is 0 Å². The van der Waals surface area contributed by atoms with Crippen LogP contribution in [0.2, 0.25) is 5.02 Å². The highest BCUT2D eigenvalue weighted by Gasteiger charge is 2.38. The molecule has 1 aliphatic rings. The molecular formula is C16H20ClFO2. The number of carboxylic acids is 1. The van der Waals surface area contributed by atoms with Crippen molar-refractivity contribution in [2.75, 3.05) is 0 Å². The Kier molecular flexibility index (Phi) is 5.03. The third kappa shape index (κ3) is 3.32. The number of halogens is 2. The number of benzene rings is 1. The van der Waals surface area contributed by atoms with Gasteiger partial charge in [0.25, 0.3) is 0 Å². The molecule has 0 spiro atoms. The van der Waals surface area contributed by atoms with Crippen LogP contribution in [0.1, 0.15) is 50.5 Å². The van der Waals surface area contributed by atoms with E-state index in [1.165, 1.54) is 12.5 Å². The minimum absolute atomic E-state index is 0.0650. The molecule has 1 aliphatic carbocycles. The van der Waals surface area contributed by atoms with E-state index in [1.807, 2.05) is 0 Å². The smallest absolute Gasteiger partial charge is 0.309 e. The fraction of sp³-hybridized carbons (Fsp3) is 0.562. The van der Waals surface area contributed by atoms with Crippen LogP contribution >= 0.6 is 11.6 Å². The van der Waals surface area contributed by atoms with E-state index in [9.17, 15) is 14.3 Å². The van der Waals surface area contributed by atoms with E-state index < -0.39 is 17.2 Å². The Morgan fingerprint density at radius 2 is 1.80 bits per heavy atom. The van der Waals surface area contributed by atoms with Crippen LogP contribution in [0.15, 0.2) is 18.2 Å². The van der Waals surface area contributed by atoms with Gasteiger partial charge in [0.15, 0.2) is 0 Å². The third-order valence-corrected chi connectivity index (χ3v) is 4.75. The molecule has 0 radical (unpaired) electrons. The summed E-state index contributed by atoms with van der Waals surface area (Å²) in [4.78, 5) is 11.8. The maximum atomic E-state index is 13.5. The van der Waals surface area contributed by atoms with Crippen molar-refractivity contribution in [2.24, 2.45) is 5.41 Å². The summed E-state index contributed by atoms with van der Waals surface area (Å²) in [6.45, 7) is 0. The van der Waals surface area contributed by atoms with Gasteiger partial charge in [-0.1, -0.05) is 55.8 Å². The molecule has 110 valence electrons. The minimum Gasteiger partial charge on any atom is -0.481 e. The largest absolute Gasteiger partial charge is 0.481 e. The van der Waals surface area contributed by atoms with Gasteiger partial charge in [-0.3, -0.25) is 4.79 Å². The fourth-order valence-corrected chi connectivity index (χ4v) is 3.29. The normalized spacial score (nSPS) is 19.1. The Morgan fingerprint density at radius 3 is 2.40 bits per heavy atom. The molecule has 1 fully saturated rings. The molecule has 2 nitrogen and oxygen atoms in total. The minimum atomic E-state index is -0.794. The van der Waals surface area contributed by atoms with Gasteiger partial charge in [-0.25, -0.2) is 4.39 Å². The number of hydrogen-bond donors (Lipinski definition) is 1. The zero-order valence-electron chi connectivity index (χ0n) is 11.5. The summed E-state index contributed by atoms with van der Waals surface area (Å²) in [6, 6.07) is 4.63. The van der Waals surface area contributed by atoms with E-state index >= 15 is 0 Å². The molecule has 20 heavy (non-hydrogen) atoms. The van der Waals surface area contributed by atoms with Crippen LogP contribution < -0.4 is 0 Å². The van der Waals surface area contributed by atoms with Gasteiger partial charge < -0.3 is 5.11 Å². The van der Waals surface area contributed by atoms with Crippen molar-refractivity contribution in [3.05, 3.63) is 34.6 Å². The third-order valence-electron chi connectivity index (χ3n) is 4.32. The Labute approximate surface area is 123 Å². The van der Waals surface area contributed by atoms with Crippen LogP contribution in [0.25, 0.3) is 0 Å². The van der Waals surface area contributed by atoms with Gasteiger partial charge in [0, 0.05) is 0 Å². The maximum absolute atomic E-state index is 13.5. The SMILES string of the molecule is O=C(O)C1(Cc2cccc(F)c2Cl)CCCCCCC1. The first kappa shape index (κ1) is 15.3. The van der Waals surface area contributed by atoms with Crippen LogP contribution in [-0.2, 0) is 11.2 Å². The van der Waals surface area contributed by atoms with Crippen LogP contribution in [0.4, 0.5) is 4.39 Å². The van der Waals surface area contributed by atoms with Crippen LogP contribution in [0.3, 0.4) is 0 Å². The molecule has 2 rings (SSSR count). The van der Waals surface area contributed by atoms with E-state index in [-0.39, 0.29) is 5.02 Å². The average molecular weight is 299 g/mol. The van der Waals surface area contributed by atoms with Crippen LogP contribution in [0, 0.1) is 11.2 Å². The Balaban J connectivity index is 2.27. The first-order valence-electron chi connectivity index (χ1n) is 7.21. The zero-order valence-corrected chi connectivity index (χ0v) is 12.3. The summed E-state index contributed by atoms with van der Waals surface area (Å²) in [7, 11) is 0. The van der Waals surface area contributed by atoms with Crippen molar-refractivity contribution in [1.82, 2.24) is 0 Å². The average Bonchev–Trinajstić information content (AvgIpc) is 2.37. The topological polar surface area (TPSA) is 37.3 Å². The predicted octanol–water partition coefficient (Wildman–Crippen LogP) is 4.84. The van der Waals surface area contributed by atoms with Crippen molar-refractivity contribution in [3.8, 4) is 0 Å². The summed E-state index contributed by atoms with van der Waals surface area (Å²) in [5.41, 5.74) is -0.188. The molecule has 1 N–H and O–H groups in total. The van der Waals surface area contributed by atoms with E-state index in [4.69, 9.17) is 11.6 Å². The molecule has 1 aromatic rings. The van der Waals surface area contributed by atoms with E-state index in [1.54, 1.807) is 12.1 Å². The van der Waals surface area contributed by atoms with Crippen molar-refractivity contribution in [3.63, 3.8) is 0 Å². The Hall–Kier alpha value is -1.09. The molecule has 0 bridgehead atoms. The number of carbonyl (C=O) groups is 1. The van der Waals surface area contributed by atoms with Gasteiger partial charge in [-0.05, 0) is 30.9 Å². The lowest BCUT2D eigenvalue weighted by atomic mass is 9.72. The van der Waals surface area contributed by atoms with Crippen molar-refractivity contribution >= 4 is 17.6 Å². The summed E-state index contributed by atoms with van der Waals surface area (Å²) in [6.07, 6.45) is 6.77. The van der Waals surface area contributed by atoms with Crippen molar-refractivity contribution in [2.45, 2.75) is 51.4 Å². The highest BCUT2D eigenvalue weighted by molar-refractivity contribution is 6.31. The van der Waals surface area contributed by atoms with Gasteiger partial charge in [-0.2, -0.15) is 0 Å². The highest BCUT2D eigenvalue weighted by Crippen LogP contribution is 2.39. The van der Waals surface area contributed by atoms with E-state index in [0.717, 1.165) is 25.7 Å². The molecule has 0 saturated heterocycles. The lowest BCUT2D eigenvalue weighted by Gasteiger charge is -2.31. The quantitative estimate of drug-likeness (QED) is 0.867. The maximum Gasteiger partial charge on any atom is 0.309 e. The van der Waals surface area contributed by atoms with Crippen LogP contribution in [0.5, 0.6) is 0 Å². The number of hydrogen-bond acceptors (Lipinski definition) is 1. The van der Waals surface area contributed by atoms with Gasteiger partial charge in [0.2, 0.25) is 0 Å².